The number of aromatic nitrogens is 3. The Hall–Kier alpha value is -2.25. The minimum atomic E-state index is -0.351. The van der Waals surface area contributed by atoms with Gasteiger partial charge in [0.05, 0.1) is 18.0 Å². The summed E-state index contributed by atoms with van der Waals surface area (Å²) in [5.74, 6) is 1.28. The minimum Gasteiger partial charge on any atom is -0.485 e. The van der Waals surface area contributed by atoms with Gasteiger partial charge in [0.25, 0.3) is 0 Å². The average molecular weight is 333 g/mol. The first-order valence-corrected chi connectivity index (χ1v) is 8.03. The molecule has 3 rings (SSSR count). The summed E-state index contributed by atoms with van der Waals surface area (Å²) >= 11 is 1.58. The third kappa shape index (κ3) is 3.57. The molecule has 2 heterocycles. The Morgan fingerprint density at radius 2 is 2.22 bits per heavy atom. The van der Waals surface area contributed by atoms with Crippen molar-refractivity contribution in [3.05, 3.63) is 52.9 Å². The van der Waals surface area contributed by atoms with Gasteiger partial charge in [-0.2, -0.15) is 5.10 Å². The van der Waals surface area contributed by atoms with Crippen molar-refractivity contribution >= 4 is 11.3 Å². The molecule has 0 saturated heterocycles. The molecular weight excluding hydrogens is 317 g/mol. The second-order valence-electron chi connectivity index (χ2n) is 4.98. The Balaban J connectivity index is 1.82. The van der Waals surface area contributed by atoms with Gasteiger partial charge in [-0.25, -0.2) is 14.1 Å². The van der Waals surface area contributed by atoms with Gasteiger partial charge >= 0.3 is 0 Å². The molecule has 0 aliphatic rings. The lowest BCUT2D eigenvalue weighted by Gasteiger charge is -2.03. The number of aliphatic hydroxyl groups excluding tert-OH is 1. The standard InChI is InChI=1S/C16H16FN3O2S/c1-11-5-8-23-15(11)16-18-14(19-20(16)6-7-21)10-22-13-4-2-3-12(17)9-13/h2-5,8-9,21H,6-7,10H2,1H3. The van der Waals surface area contributed by atoms with E-state index in [-0.39, 0.29) is 19.0 Å². The van der Waals surface area contributed by atoms with Crippen LogP contribution in [0.4, 0.5) is 4.39 Å². The van der Waals surface area contributed by atoms with Crippen molar-refractivity contribution < 1.29 is 14.2 Å². The van der Waals surface area contributed by atoms with Crippen LogP contribution in [0.1, 0.15) is 11.4 Å². The Morgan fingerprint density at radius 3 is 2.91 bits per heavy atom. The third-order valence-electron chi connectivity index (χ3n) is 3.26. The number of aryl methyl sites for hydroxylation is 1. The molecule has 0 radical (unpaired) electrons. The first kappa shape index (κ1) is 15.6. The smallest absolute Gasteiger partial charge is 0.188 e. The lowest BCUT2D eigenvalue weighted by atomic mass is 10.3. The zero-order valence-electron chi connectivity index (χ0n) is 12.6. The van der Waals surface area contributed by atoms with E-state index in [1.807, 2.05) is 18.4 Å². The molecule has 0 amide bonds. The lowest BCUT2D eigenvalue weighted by molar-refractivity contribution is 0.266. The largest absolute Gasteiger partial charge is 0.485 e. The molecule has 1 N–H and O–H groups in total. The number of hydrogen-bond acceptors (Lipinski definition) is 5. The Kier molecular flexibility index (Phi) is 4.68. The summed E-state index contributed by atoms with van der Waals surface area (Å²) < 4.78 is 20.3. The van der Waals surface area contributed by atoms with E-state index in [9.17, 15) is 9.50 Å². The molecule has 0 atom stereocenters. The average Bonchev–Trinajstić information content (AvgIpc) is 3.12. The second kappa shape index (κ2) is 6.89. The Morgan fingerprint density at radius 1 is 1.35 bits per heavy atom. The highest BCUT2D eigenvalue weighted by Crippen LogP contribution is 2.27. The van der Waals surface area contributed by atoms with E-state index in [0.717, 1.165) is 10.4 Å². The van der Waals surface area contributed by atoms with Crippen LogP contribution in [0.25, 0.3) is 10.7 Å². The molecule has 0 fully saturated rings. The molecule has 0 aliphatic carbocycles. The van der Waals surface area contributed by atoms with Crippen LogP contribution in [0.2, 0.25) is 0 Å². The number of aliphatic hydroxyl groups is 1. The maximum Gasteiger partial charge on any atom is 0.188 e. The highest BCUT2D eigenvalue weighted by atomic mass is 32.1. The van der Waals surface area contributed by atoms with Crippen LogP contribution >= 0.6 is 11.3 Å². The monoisotopic (exact) mass is 333 g/mol. The van der Waals surface area contributed by atoms with E-state index in [4.69, 9.17) is 4.74 Å². The zero-order valence-corrected chi connectivity index (χ0v) is 13.4. The van der Waals surface area contributed by atoms with Crippen molar-refractivity contribution in [2.45, 2.75) is 20.1 Å². The molecule has 1 aromatic carbocycles. The number of hydrogen-bond donors (Lipinski definition) is 1. The predicted octanol–water partition coefficient (Wildman–Crippen LogP) is 3.03. The van der Waals surface area contributed by atoms with Crippen molar-refractivity contribution in [1.82, 2.24) is 14.8 Å². The predicted molar refractivity (Wildman–Crippen MR) is 85.9 cm³/mol. The summed E-state index contributed by atoms with van der Waals surface area (Å²) in [6, 6.07) is 7.95. The maximum atomic E-state index is 13.2. The first-order chi connectivity index (χ1) is 11.2. The number of ether oxygens (including phenoxy) is 1. The van der Waals surface area contributed by atoms with Crippen LogP contribution in [-0.4, -0.2) is 26.5 Å². The number of rotatable bonds is 6. The highest BCUT2D eigenvalue weighted by Gasteiger charge is 2.15. The first-order valence-electron chi connectivity index (χ1n) is 7.15. The molecule has 2 aromatic heterocycles. The number of nitrogens with zero attached hydrogens (tertiary/aromatic N) is 3. The van der Waals surface area contributed by atoms with E-state index in [1.54, 1.807) is 28.2 Å². The summed E-state index contributed by atoms with van der Waals surface area (Å²) in [4.78, 5) is 5.52. The molecule has 0 saturated carbocycles. The van der Waals surface area contributed by atoms with Gasteiger partial charge in [0.2, 0.25) is 0 Å². The Labute approximate surface area is 137 Å². The zero-order chi connectivity index (χ0) is 16.2. The molecule has 23 heavy (non-hydrogen) atoms. The number of thiophene rings is 1. The third-order valence-corrected chi connectivity index (χ3v) is 4.27. The van der Waals surface area contributed by atoms with Crippen LogP contribution in [0.5, 0.6) is 5.75 Å². The van der Waals surface area contributed by atoms with Crippen molar-refractivity contribution in [2.24, 2.45) is 0 Å². The minimum absolute atomic E-state index is 0.0228. The van der Waals surface area contributed by atoms with E-state index in [0.29, 0.717) is 23.9 Å². The van der Waals surface area contributed by atoms with Gasteiger partial charge in [-0.1, -0.05) is 6.07 Å². The molecule has 5 nitrogen and oxygen atoms in total. The molecule has 3 aromatic rings. The highest BCUT2D eigenvalue weighted by molar-refractivity contribution is 7.13. The fourth-order valence-corrected chi connectivity index (χ4v) is 3.09. The SMILES string of the molecule is Cc1ccsc1-c1nc(COc2cccc(F)c2)nn1CCO. The van der Waals surface area contributed by atoms with Crippen LogP contribution < -0.4 is 4.74 Å². The van der Waals surface area contributed by atoms with Crippen LogP contribution in [0.3, 0.4) is 0 Å². The summed E-state index contributed by atoms with van der Waals surface area (Å²) in [7, 11) is 0. The van der Waals surface area contributed by atoms with Crippen LogP contribution in [0, 0.1) is 12.7 Å². The Bertz CT molecular complexity index is 800. The van der Waals surface area contributed by atoms with Gasteiger partial charge in [0.1, 0.15) is 18.2 Å². The molecule has 7 heteroatoms. The van der Waals surface area contributed by atoms with Crippen molar-refractivity contribution in [3.8, 4) is 16.5 Å². The fourth-order valence-electron chi connectivity index (χ4n) is 2.18. The van der Waals surface area contributed by atoms with Crippen molar-refractivity contribution in [1.29, 1.82) is 0 Å². The van der Waals surface area contributed by atoms with Crippen LogP contribution in [-0.2, 0) is 13.2 Å². The van der Waals surface area contributed by atoms with Gasteiger partial charge in [-0.3, -0.25) is 0 Å². The summed E-state index contributed by atoms with van der Waals surface area (Å²) in [6.07, 6.45) is 0. The van der Waals surface area contributed by atoms with E-state index in [2.05, 4.69) is 10.1 Å². The lowest BCUT2D eigenvalue weighted by Crippen LogP contribution is -2.06. The topological polar surface area (TPSA) is 60.2 Å². The number of benzene rings is 1. The van der Waals surface area contributed by atoms with E-state index >= 15 is 0 Å². The van der Waals surface area contributed by atoms with Crippen LogP contribution in [0.15, 0.2) is 35.7 Å². The molecular formula is C16H16FN3O2S. The summed E-state index contributed by atoms with van der Waals surface area (Å²) in [5.41, 5.74) is 1.11. The second-order valence-corrected chi connectivity index (χ2v) is 5.89. The molecule has 0 aliphatic heterocycles. The maximum absolute atomic E-state index is 13.2. The van der Waals surface area contributed by atoms with Gasteiger partial charge in [-0.05, 0) is 36.1 Å². The quantitative estimate of drug-likeness (QED) is 0.753. The van der Waals surface area contributed by atoms with Crippen molar-refractivity contribution in [3.63, 3.8) is 0 Å². The molecule has 120 valence electrons. The fraction of sp³-hybridized carbons (Fsp3) is 0.250. The molecule has 0 unspecified atom stereocenters. The number of halogens is 1. The van der Waals surface area contributed by atoms with E-state index < -0.39 is 0 Å². The van der Waals surface area contributed by atoms with Gasteiger partial charge in [0, 0.05) is 6.07 Å². The van der Waals surface area contributed by atoms with Gasteiger partial charge in [-0.15, -0.1) is 11.3 Å². The normalized spacial score (nSPS) is 10.9. The van der Waals surface area contributed by atoms with Crippen molar-refractivity contribution in [2.75, 3.05) is 6.61 Å². The van der Waals surface area contributed by atoms with Gasteiger partial charge < -0.3 is 9.84 Å². The molecule has 0 spiro atoms. The summed E-state index contributed by atoms with van der Waals surface area (Å²) in [6.45, 7) is 2.48. The van der Waals surface area contributed by atoms with Gasteiger partial charge in [0.15, 0.2) is 11.6 Å². The summed E-state index contributed by atoms with van der Waals surface area (Å²) in [5, 5.41) is 15.6. The van der Waals surface area contributed by atoms with E-state index in [1.165, 1.54) is 12.1 Å². The molecule has 0 bridgehead atoms.